The topological polar surface area (TPSA) is 222 Å². The number of halogens is 2. The molecule has 0 aliphatic rings. The van der Waals surface area contributed by atoms with Crippen molar-refractivity contribution in [1.82, 2.24) is 0 Å². The van der Waals surface area contributed by atoms with Gasteiger partial charge < -0.3 is 10.2 Å². The minimum Gasteiger partial charge on any atom is -0.505 e. The summed E-state index contributed by atoms with van der Waals surface area (Å²) in [6.07, 6.45) is 0. The lowest BCUT2D eigenvalue weighted by Crippen LogP contribution is -2.03. The first kappa shape index (κ1) is 30.4. The van der Waals surface area contributed by atoms with E-state index in [2.05, 4.69) is 21.3 Å². The monoisotopic (exact) mass is 722 g/mol. The Bertz CT molecular complexity index is 2510. The van der Waals surface area contributed by atoms with Crippen LogP contribution in [0.15, 0.2) is 105 Å². The standard InChI is InChI=1S/C32H20Cl2N4O8S2/c33-23-13-15(9-11-21(23)25-17-5-1-3-7-19(17)29(39)27(37-35)31(25)47(41,42)43)16-10-12-22(24(34)14-16)26-18-6-2-4-8-20(18)30(40)28(38-36)32(26)48(44,45)46/h1-14,35-36,39-40H,(H,41,42,43)(H,44,45,46)/b37-35+,38-36+. The second kappa shape index (κ2) is 11.9. The molecule has 6 rings (SSSR count). The van der Waals surface area contributed by atoms with Crippen molar-refractivity contribution in [2.24, 2.45) is 10.2 Å². The van der Waals surface area contributed by atoms with Gasteiger partial charge in [-0.2, -0.15) is 27.1 Å². The van der Waals surface area contributed by atoms with Gasteiger partial charge in [0.05, 0.1) is 0 Å². The molecule has 0 aromatic heterocycles. The molecule has 0 bridgehead atoms. The molecule has 242 valence electrons. The zero-order chi connectivity index (χ0) is 36.1. The Balaban J connectivity index is 1.56. The summed E-state index contributed by atoms with van der Waals surface area (Å²) < 4.78 is 85.6. The number of fused-ring (bicyclic) bond motifs is 2. The Hall–Kier alpha value is -4.96. The van der Waals surface area contributed by atoms with E-state index in [1.807, 2.05) is 0 Å². The van der Waals surface area contributed by atoms with Crippen LogP contribution in [-0.4, -0.2) is 36.2 Å². The maximum Gasteiger partial charge on any atom is 0.297 e. The summed E-state index contributed by atoms with van der Waals surface area (Å²) in [6, 6.07) is 21.4. The highest BCUT2D eigenvalue weighted by atomic mass is 35.5. The molecule has 0 fully saturated rings. The lowest BCUT2D eigenvalue weighted by molar-refractivity contribution is 0.472. The van der Waals surface area contributed by atoms with Gasteiger partial charge in [-0.1, -0.05) is 96.0 Å². The van der Waals surface area contributed by atoms with Crippen molar-refractivity contribution in [3.8, 4) is 44.9 Å². The van der Waals surface area contributed by atoms with E-state index in [4.69, 9.17) is 26.0 Å². The molecule has 0 aliphatic heterocycles. The maximum absolute atomic E-state index is 12.7. The van der Waals surface area contributed by atoms with E-state index in [1.165, 1.54) is 48.5 Å². The highest BCUT2D eigenvalue weighted by Crippen LogP contribution is 2.51. The first-order valence-electron chi connectivity index (χ1n) is 14.4. The molecule has 0 spiro atoms. The summed E-state index contributed by atoms with van der Waals surface area (Å²) in [7, 11) is -10.2. The van der Waals surface area contributed by atoms with Crippen molar-refractivity contribution in [2.75, 3.05) is 0 Å². The predicted octanol–water partition coefficient (Wildman–Crippen LogP) is 9.53. The minimum absolute atomic E-state index is 0.000732. The summed E-state index contributed by atoms with van der Waals surface area (Å²) in [5.41, 5.74) is 5.37. The van der Waals surface area contributed by atoms with Crippen molar-refractivity contribution in [1.29, 1.82) is 11.0 Å². The van der Waals surface area contributed by atoms with Crippen LogP contribution >= 0.6 is 23.2 Å². The summed E-state index contributed by atoms with van der Waals surface area (Å²) in [4.78, 5) is -1.63. The normalized spacial score (nSPS) is 13.1. The highest BCUT2D eigenvalue weighted by Gasteiger charge is 2.31. The average molecular weight is 724 g/mol. The molecule has 0 radical (unpaired) electrons. The number of nitrogens with one attached hydrogen (secondary N) is 2. The largest absolute Gasteiger partial charge is 0.505 e. The average Bonchev–Trinajstić information content (AvgIpc) is 3.06. The molecule has 0 atom stereocenters. The van der Waals surface area contributed by atoms with Crippen molar-refractivity contribution in [3.63, 3.8) is 0 Å². The predicted molar refractivity (Wildman–Crippen MR) is 180 cm³/mol. The van der Waals surface area contributed by atoms with E-state index in [-0.39, 0.29) is 53.8 Å². The molecule has 6 N–H and O–H groups in total. The fourth-order valence-electron chi connectivity index (χ4n) is 5.78. The third-order valence-corrected chi connectivity index (χ3v) is 10.2. The lowest BCUT2D eigenvalue weighted by Gasteiger charge is -2.18. The molecule has 16 heteroatoms. The van der Waals surface area contributed by atoms with Gasteiger partial charge in [-0.15, -0.1) is 0 Å². The number of benzene rings is 6. The number of phenols is 2. The Kier molecular flexibility index (Phi) is 7.55. The van der Waals surface area contributed by atoms with Crippen LogP contribution in [0.4, 0.5) is 11.4 Å². The van der Waals surface area contributed by atoms with Crippen LogP contribution in [0, 0.1) is 11.0 Å². The fraction of sp³-hybridized carbons (Fsp3) is 0. The number of hydrogen-bond acceptors (Lipinski definition) is 10. The van der Waals surface area contributed by atoms with Crippen LogP contribution in [0.2, 0.25) is 12.9 Å². The minimum atomic E-state index is -5.08. The number of rotatable bonds is 7. The second-order valence-electron chi connectivity index (χ2n) is 10.4. The van der Waals surface area contributed by atoms with Crippen molar-refractivity contribution in [3.05, 3.63) is 95.0 Å². The van der Waals surface area contributed by atoms with Crippen LogP contribution in [0.1, 0.15) is 0 Å². The molecule has 48 heavy (non-hydrogen) atoms. The van der Waals surface area contributed by atoms with Gasteiger partial charge in [-0.05, 0) is 34.0 Å². The van der Waals surface area contributed by atoms with E-state index in [0.29, 0.717) is 11.1 Å². The van der Waals surface area contributed by atoms with Crippen molar-refractivity contribution < 1.29 is 39.0 Å². The Morgan fingerprint density at radius 2 is 0.938 bits per heavy atom. The fourth-order valence-corrected chi connectivity index (χ4v) is 8.05. The Labute approximate surface area is 285 Å². The second-order valence-corrected chi connectivity index (χ2v) is 14.0. The molecular weight excluding hydrogens is 703 g/mol. The Morgan fingerprint density at radius 3 is 1.25 bits per heavy atom. The summed E-state index contributed by atoms with van der Waals surface area (Å²) in [6.45, 7) is 0. The zero-order valence-corrected chi connectivity index (χ0v) is 27.0. The van der Waals surface area contributed by atoms with Gasteiger partial charge in [0.2, 0.25) is 2.82 Å². The molecular formula is C32H20Cl2N4O8S2. The molecule has 12 nitrogen and oxygen atoms in total. The van der Waals surface area contributed by atoms with Crippen LogP contribution < -0.4 is 0 Å². The SMILES string of the molecule is [H]/N=N/c1c(S(=O)(=O)O)c(-c2ccc(-c3ccc(-c4c(S(=O)(=O)O)c(/N=N/[H])c(O)c5ccccc45)c(Cl)c3)cc2Cl)c2ccccc2c1O. The van der Waals surface area contributed by atoms with E-state index in [0.717, 1.165) is 0 Å². The molecule has 6 aromatic rings. The van der Waals surface area contributed by atoms with Crippen LogP contribution in [-0.2, 0) is 20.2 Å². The van der Waals surface area contributed by atoms with Gasteiger partial charge in [-0.25, -0.2) is 11.0 Å². The molecule has 0 amide bonds. The van der Waals surface area contributed by atoms with Crippen LogP contribution in [0.25, 0.3) is 54.9 Å². The van der Waals surface area contributed by atoms with Crippen molar-refractivity contribution >= 4 is 76.4 Å². The third-order valence-electron chi connectivity index (χ3n) is 7.76. The quantitative estimate of drug-likeness (QED) is 0.0686. The van der Waals surface area contributed by atoms with Gasteiger partial charge in [0.1, 0.15) is 21.2 Å². The van der Waals surface area contributed by atoms with E-state index in [9.17, 15) is 36.2 Å². The molecule has 6 aromatic carbocycles. The summed E-state index contributed by atoms with van der Waals surface area (Å²) >= 11 is 13.5. The van der Waals surface area contributed by atoms with Gasteiger partial charge in [0.15, 0.2) is 11.5 Å². The number of hydrogen-bond donors (Lipinski definition) is 6. The molecule has 0 unspecified atom stereocenters. The zero-order valence-electron chi connectivity index (χ0n) is 25.9. The van der Waals surface area contributed by atoms with Crippen molar-refractivity contribution in [2.45, 2.75) is 9.79 Å². The van der Waals surface area contributed by atoms with E-state index in [1.54, 1.807) is 36.4 Å². The molecule has 0 aliphatic carbocycles. The van der Waals surface area contributed by atoms with Crippen LogP contribution in [0.3, 0.4) is 0 Å². The highest BCUT2D eigenvalue weighted by molar-refractivity contribution is 7.86. The molecule has 0 saturated carbocycles. The van der Waals surface area contributed by atoms with E-state index < -0.39 is 52.9 Å². The van der Waals surface area contributed by atoms with Gasteiger partial charge in [0, 0.05) is 43.1 Å². The molecule has 0 saturated heterocycles. The maximum atomic E-state index is 12.7. The number of nitrogens with zero attached hydrogens (tertiary/aromatic N) is 2. The summed E-state index contributed by atoms with van der Waals surface area (Å²) in [5, 5.41) is 29.3. The smallest absolute Gasteiger partial charge is 0.297 e. The van der Waals surface area contributed by atoms with Crippen LogP contribution in [0.5, 0.6) is 11.5 Å². The first-order valence-corrected chi connectivity index (χ1v) is 17.1. The van der Waals surface area contributed by atoms with E-state index >= 15 is 0 Å². The summed E-state index contributed by atoms with van der Waals surface area (Å²) in [5.74, 6) is -1.24. The lowest BCUT2D eigenvalue weighted by atomic mass is 9.93. The first-order chi connectivity index (χ1) is 23.7. The number of phenolic OH excluding ortho intramolecular Hbond substituents is 2. The molecule has 0 heterocycles. The van der Waals surface area contributed by atoms with Gasteiger partial charge >= 0.3 is 0 Å². The Morgan fingerprint density at radius 1 is 0.583 bits per heavy atom. The number of aromatic hydroxyl groups is 2. The van der Waals surface area contributed by atoms with Gasteiger partial charge in [-0.3, -0.25) is 9.11 Å². The third kappa shape index (κ3) is 5.34. The van der Waals surface area contributed by atoms with Gasteiger partial charge in [0.25, 0.3) is 20.2 Å².